The highest BCUT2D eigenvalue weighted by molar-refractivity contribution is 7.16. The molecule has 2 N–H and O–H groups in total. The first-order valence-corrected chi connectivity index (χ1v) is 9.63. The lowest BCUT2D eigenvalue weighted by Gasteiger charge is -2.26. The number of aromatic nitrogens is 2. The molecule has 1 aliphatic rings. The first kappa shape index (κ1) is 18.2. The first-order chi connectivity index (χ1) is 13.6. The normalized spacial score (nSPS) is 13.7. The van der Waals surface area contributed by atoms with Gasteiger partial charge in [-0.15, -0.1) is 11.3 Å². The molecule has 28 heavy (non-hydrogen) atoms. The van der Waals surface area contributed by atoms with E-state index in [-0.39, 0.29) is 12.5 Å². The first-order valence-electron chi connectivity index (χ1n) is 8.81. The molecule has 1 aliphatic heterocycles. The topological polar surface area (TPSA) is 106 Å². The van der Waals surface area contributed by atoms with Crippen LogP contribution in [0.5, 0.6) is 0 Å². The number of carbonyl (C=O) groups is 1. The van der Waals surface area contributed by atoms with Gasteiger partial charge >= 0.3 is 5.63 Å². The summed E-state index contributed by atoms with van der Waals surface area (Å²) < 4.78 is 5.78. The fourth-order valence-corrected chi connectivity index (χ4v) is 4.58. The van der Waals surface area contributed by atoms with Gasteiger partial charge in [0.2, 0.25) is 0 Å². The molecule has 0 unspecified atom stereocenters. The van der Waals surface area contributed by atoms with Gasteiger partial charge in [0.05, 0.1) is 5.56 Å². The number of anilines is 1. The van der Waals surface area contributed by atoms with E-state index in [1.807, 2.05) is 18.2 Å². The summed E-state index contributed by atoms with van der Waals surface area (Å²) in [6.07, 6.45) is 1.94. The lowest BCUT2D eigenvalue weighted by atomic mass is 10.0. The van der Waals surface area contributed by atoms with Crippen molar-refractivity contribution in [3.05, 3.63) is 68.5 Å². The van der Waals surface area contributed by atoms with Crippen LogP contribution in [0.2, 0.25) is 0 Å². The number of nitrogens with zero attached hydrogens (tertiary/aromatic N) is 3. The van der Waals surface area contributed by atoms with Crippen molar-refractivity contribution in [2.75, 3.05) is 11.9 Å². The van der Waals surface area contributed by atoms with E-state index in [0.717, 1.165) is 42.7 Å². The van der Waals surface area contributed by atoms with Gasteiger partial charge in [0.1, 0.15) is 11.1 Å². The largest absolute Gasteiger partial charge is 0.426 e. The monoisotopic (exact) mass is 396 g/mol. The minimum Gasteiger partial charge on any atom is -0.311 e. The number of hydrogen-bond acceptors (Lipinski definition) is 6. The Bertz CT molecular complexity index is 1090. The number of hydrogen-bond donors (Lipinski definition) is 2. The standard InChI is InChI=1S/C19H17N5O3S/c20-8-15-14-6-7-23(9-13-4-2-1-3-5-13)10-16(14)28-19(15)21-17(25)11-24-12-18(26)27-22-24/h1-5,12H,6-7,9-11H2,(H-,21,22,25,26)/p+1. The van der Waals surface area contributed by atoms with Gasteiger partial charge in [-0.1, -0.05) is 35.0 Å². The molecule has 0 saturated heterocycles. The zero-order valence-corrected chi connectivity index (χ0v) is 15.8. The van der Waals surface area contributed by atoms with Gasteiger partial charge in [-0.05, 0) is 22.8 Å². The minimum absolute atomic E-state index is 0.0979. The fraction of sp³-hybridized carbons (Fsp3) is 0.263. The summed E-state index contributed by atoms with van der Waals surface area (Å²) in [5.74, 6) is -0.335. The average molecular weight is 396 g/mol. The van der Waals surface area contributed by atoms with Crippen LogP contribution in [0.3, 0.4) is 0 Å². The molecule has 0 fully saturated rings. The van der Waals surface area contributed by atoms with E-state index in [0.29, 0.717) is 10.6 Å². The van der Waals surface area contributed by atoms with Crippen LogP contribution in [0.4, 0.5) is 5.00 Å². The third kappa shape index (κ3) is 3.88. The van der Waals surface area contributed by atoms with E-state index in [1.165, 1.54) is 21.6 Å². The molecule has 0 radical (unpaired) electrons. The van der Waals surface area contributed by atoms with E-state index in [2.05, 4.69) is 38.2 Å². The Labute approximate surface area is 164 Å². The van der Waals surface area contributed by atoms with Crippen LogP contribution in [0, 0.1) is 11.3 Å². The second kappa shape index (κ2) is 7.80. The van der Waals surface area contributed by atoms with Crippen molar-refractivity contribution in [2.24, 2.45) is 0 Å². The summed E-state index contributed by atoms with van der Waals surface area (Å²) in [6, 6.07) is 12.5. The predicted molar refractivity (Wildman–Crippen MR) is 101 cm³/mol. The summed E-state index contributed by atoms with van der Waals surface area (Å²) >= 11 is 1.44. The molecule has 8 nitrogen and oxygen atoms in total. The van der Waals surface area contributed by atoms with Crippen LogP contribution in [-0.4, -0.2) is 22.6 Å². The smallest absolute Gasteiger partial charge is 0.311 e. The van der Waals surface area contributed by atoms with Crippen LogP contribution in [0.1, 0.15) is 21.6 Å². The zero-order valence-electron chi connectivity index (χ0n) is 15.0. The molecule has 3 heterocycles. The third-order valence-corrected chi connectivity index (χ3v) is 5.72. The molecule has 3 aromatic rings. The summed E-state index contributed by atoms with van der Waals surface area (Å²) in [5.41, 5.74) is 2.26. The van der Waals surface area contributed by atoms with E-state index < -0.39 is 5.63 Å². The highest BCUT2D eigenvalue weighted by atomic mass is 32.1. The number of nitriles is 1. The quantitative estimate of drug-likeness (QED) is 0.634. The Balaban J connectivity index is 1.48. The van der Waals surface area contributed by atoms with Gasteiger partial charge in [-0.2, -0.15) is 5.26 Å². The minimum atomic E-state index is -0.560. The van der Waals surface area contributed by atoms with Crippen molar-refractivity contribution in [1.29, 1.82) is 5.26 Å². The molecule has 0 bridgehead atoms. The summed E-state index contributed by atoms with van der Waals surface area (Å²) in [5, 5.41) is 15.3. The lowest BCUT2D eigenvalue weighted by molar-refractivity contribution is -0.750. The van der Waals surface area contributed by atoms with Crippen LogP contribution >= 0.6 is 11.3 Å². The van der Waals surface area contributed by atoms with Gasteiger partial charge in [0.15, 0.2) is 0 Å². The molecule has 1 amide bonds. The Morgan fingerprint density at radius 3 is 2.93 bits per heavy atom. The number of carbonyl (C=O) groups excluding carboxylic acids is 1. The maximum atomic E-state index is 12.3. The molecule has 0 spiro atoms. The zero-order chi connectivity index (χ0) is 19.5. The molecule has 1 aromatic carbocycles. The van der Waals surface area contributed by atoms with Crippen LogP contribution in [-0.2, 0) is 30.8 Å². The molecule has 142 valence electrons. The summed E-state index contributed by atoms with van der Waals surface area (Å²) in [4.78, 5) is 26.7. The summed E-state index contributed by atoms with van der Waals surface area (Å²) in [7, 11) is 0. The van der Waals surface area contributed by atoms with Gasteiger partial charge in [0.25, 0.3) is 18.6 Å². The number of nitrogens with one attached hydrogen (secondary N) is 2. The van der Waals surface area contributed by atoms with Crippen molar-refractivity contribution in [3.8, 4) is 6.07 Å². The van der Waals surface area contributed by atoms with Crippen LogP contribution < -0.4 is 15.6 Å². The van der Waals surface area contributed by atoms with Crippen molar-refractivity contribution in [1.82, 2.24) is 10.2 Å². The number of rotatable bonds is 5. The molecule has 9 heteroatoms. The highest BCUT2D eigenvalue weighted by Crippen LogP contribution is 2.36. The maximum absolute atomic E-state index is 12.3. The predicted octanol–water partition coefficient (Wildman–Crippen LogP) is 1.39. The molecule has 0 saturated carbocycles. The van der Waals surface area contributed by atoms with Gasteiger partial charge in [-0.3, -0.25) is 14.2 Å². The van der Waals surface area contributed by atoms with E-state index in [1.54, 1.807) is 0 Å². The highest BCUT2D eigenvalue weighted by Gasteiger charge is 2.26. The fourth-order valence-electron chi connectivity index (χ4n) is 3.32. The second-order valence-electron chi connectivity index (χ2n) is 6.58. The van der Waals surface area contributed by atoms with Crippen LogP contribution in [0.25, 0.3) is 0 Å². The van der Waals surface area contributed by atoms with Gasteiger partial charge in [0, 0.05) is 24.5 Å². The third-order valence-electron chi connectivity index (χ3n) is 4.59. The Morgan fingerprint density at radius 1 is 1.39 bits per heavy atom. The molecule has 2 aromatic heterocycles. The molecule has 0 aliphatic carbocycles. The number of thiophene rings is 1. The van der Waals surface area contributed by atoms with Gasteiger partial charge < -0.3 is 5.32 Å². The SMILES string of the molecule is N#Cc1c(NC(=O)C[n+]2cc(=O)o[nH]2)sc2c1CCN(Cc1ccccc1)C2. The molecular weight excluding hydrogens is 378 g/mol. The lowest BCUT2D eigenvalue weighted by Crippen LogP contribution is -2.41. The van der Waals surface area contributed by atoms with E-state index >= 15 is 0 Å². The average Bonchev–Trinajstić information content (AvgIpc) is 3.24. The van der Waals surface area contributed by atoms with Crippen molar-refractivity contribution in [3.63, 3.8) is 0 Å². The Kier molecular flexibility index (Phi) is 5.06. The molecule has 4 rings (SSSR count). The van der Waals surface area contributed by atoms with E-state index in [4.69, 9.17) is 0 Å². The van der Waals surface area contributed by atoms with Crippen LogP contribution in [0.15, 0.2) is 45.8 Å². The number of H-pyrrole nitrogens is 1. The van der Waals surface area contributed by atoms with Crippen molar-refractivity contribution < 1.29 is 14.0 Å². The van der Waals surface area contributed by atoms with Crippen molar-refractivity contribution >= 4 is 22.2 Å². The molecule has 0 atom stereocenters. The number of aromatic amines is 1. The molecular formula is C19H18N5O3S+. The maximum Gasteiger partial charge on any atom is 0.426 e. The Hall–Kier alpha value is -3.22. The summed E-state index contributed by atoms with van der Waals surface area (Å²) in [6.45, 7) is 2.38. The number of fused-ring (bicyclic) bond motifs is 1. The number of amides is 1. The Morgan fingerprint density at radius 2 is 2.21 bits per heavy atom. The second-order valence-corrected chi connectivity index (χ2v) is 7.69. The van der Waals surface area contributed by atoms with Gasteiger partial charge in [-0.25, -0.2) is 4.79 Å². The number of benzene rings is 1. The van der Waals surface area contributed by atoms with Crippen molar-refractivity contribution in [2.45, 2.75) is 26.1 Å². The van der Waals surface area contributed by atoms with E-state index in [9.17, 15) is 14.9 Å².